The molecule has 8 heteroatoms. The van der Waals surface area contributed by atoms with E-state index in [9.17, 15) is 13.2 Å². The number of hydrogen-bond acceptors (Lipinski definition) is 6. The van der Waals surface area contributed by atoms with Gasteiger partial charge in [0.2, 0.25) is 10.0 Å². The van der Waals surface area contributed by atoms with Gasteiger partial charge in [0.05, 0.1) is 11.1 Å². The van der Waals surface area contributed by atoms with Crippen LogP contribution in [0.15, 0.2) is 45.9 Å². The van der Waals surface area contributed by atoms with E-state index >= 15 is 0 Å². The molecule has 1 aromatic heterocycles. The van der Waals surface area contributed by atoms with E-state index in [1.54, 1.807) is 30.3 Å². The minimum atomic E-state index is -3.55. The molecule has 0 spiro atoms. The third-order valence-corrected chi connectivity index (χ3v) is 4.52. The molecule has 0 aliphatic carbocycles. The number of rotatable bonds is 8. The number of aryl methyl sites for hydroxylation is 1. The summed E-state index contributed by atoms with van der Waals surface area (Å²) in [5.74, 6) is 0.0364. The lowest BCUT2D eigenvalue weighted by molar-refractivity contribution is -0.145. The van der Waals surface area contributed by atoms with E-state index in [4.69, 9.17) is 9.26 Å². The number of ether oxygens (including phenoxy) is 1. The van der Waals surface area contributed by atoms with E-state index in [1.165, 1.54) is 6.20 Å². The minimum Gasteiger partial charge on any atom is -0.457 e. The van der Waals surface area contributed by atoms with Crippen molar-refractivity contribution in [3.8, 4) is 0 Å². The first-order chi connectivity index (χ1) is 11.0. The fourth-order valence-corrected chi connectivity index (χ4v) is 2.85. The largest absolute Gasteiger partial charge is 0.457 e. The maximum absolute atomic E-state index is 12.0. The fraction of sp³-hybridized carbons (Fsp3) is 0.333. The average Bonchev–Trinajstić information content (AvgIpc) is 3.03. The van der Waals surface area contributed by atoms with Crippen LogP contribution in [-0.4, -0.2) is 26.1 Å². The van der Waals surface area contributed by atoms with Crippen LogP contribution in [0.4, 0.5) is 0 Å². The first-order valence-corrected chi connectivity index (χ1v) is 8.57. The van der Waals surface area contributed by atoms with Gasteiger partial charge >= 0.3 is 5.97 Å². The fourth-order valence-electron chi connectivity index (χ4n) is 1.78. The summed E-state index contributed by atoms with van der Waals surface area (Å²) < 4.78 is 36.3. The van der Waals surface area contributed by atoms with Gasteiger partial charge in [-0.25, -0.2) is 13.1 Å². The molecule has 1 aromatic carbocycles. The van der Waals surface area contributed by atoms with Crippen molar-refractivity contribution in [2.75, 3.05) is 6.54 Å². The second kappa shape index (κ2) is 7.89. The maximum atomic E-state index is 12.0. The first kappa shape index (κ1) is 17.2. The second-order valence-electron chi connectivity index (χ2n) is 4.95. The molecule has 0 saturated carbocycles. The van der Waals surface area contributed by atoms with Crippen molar-refractivity contribution in [2.24, 2.45) is 0 Å². The number of benzene rings is 1. The molecule has 1 heterocycles. The van der Waals surface area contributed by atoms with Crippen molar-refractivity contribution in [1.29, 1.82) is 0 Å². The van der Waals surface area contributed by atoms with Gasteiger partial charge in [0.1, 0.15) is 0 Å². The number of nitrogens with zero attached hydrogens (tertiary/aromatic N) is 1. The molecule has 2 rings (SSSR count). The Kier molecular flexibility index (Phi) is 5.89. The Morgan fingerprint density at radius 3 is 2.65 bits per heavy atom. The molecule has 0 atom stereocenters. The molecule has 0 saturated heterocycles. The number of hydrogen-bond donors (Lipinski definition) is 1. The number of nitrogens with one attached hydrogen (secondary N) is 1. The molecule has 0 fully saturated rings. The first-order valence-electron chi connectivity index (χ1n) is 7.09. The van der Waals surface area contributed by atoms with Crippen LogP contribution in [-0.2, 0) is 26.2 Å². The number of carbonyl (C=O) groups excluding carboxylic acids is 1. The van der Waals surface area contributed by atoms with Crippen molar-refractivity contribution in [2.45, 2.75) is 31.3 Å². The summed E-state index contributed by atoms with van der Waals surface area (Å²) >= 11 is 0. The normalized spacial score (nSPS) is 11.3. The van der Waals surface area contributed by atoms with Crippen molar-refractivity contribution in [3.63, 3.8) is 0 Å². The summed E-state index contributed by atoms with van der Waals surface area (Å²) in [6.07, 6.45) is 1.92. The van der Waals surface area contributed by atoms with Crippen LogP contribution >= 0.6 is 0 Å². The minimum absolute atomic E-state index is 0.0218. The molecule has 0 radical (unpaired) electrons. The maximum Gasteiger partial charge on any atom is 0.306 e. The molecule has 0 amide bonds. The SMILES string of the molecule is Cc1ccc(S(=O)(=O)NCCCC(=O)OCc2ccno2)cc1. The molecule has 0 aliphatic heterocycles. The van der Waals surface area contributed by atoms with Crippen molar-refractivity contribution in [1.82, 2.24) is 9.88 Å². The number of aromatic nitrogens is 1. The Bertz CT molecular complexity index is 724. The molecule has 23 heavy (non-hydrogen) atoms. The zero-order chi connectivity index (χ0) is 16.7. The van der Waals surface area contributed by atoms with Gasteiger partial charge < -0.3 is 9.26 Å². The molecule has 0 aliphatic rings. The lowest BCUT2D eigenvalue weighted by Gasteiger charge is -2.07. The Balaban J connectivity index is 1.70. The van der Waals surface area contributed by atoms with Gasteiger partial charge in [-0.2, -0.15) is 0 Å². The average molecular weight is 338 g/mol. The van der Waals surface area contributed by atoms with Gasteiger partial charge in [-0.05, 0) is 25.5 Å². The highest BCUT2D eigenvalue weighted by Gasteiger charge is 2.13. The van der Waals surface area contributed by atoms with Crippen LogP contribution in [0.1, 0.15) is 24.2 Å². The smallest absolute Gasteiger partial charge is 0.306 e. The zero-order valence-electron chi connectivity index (χ0n) is 12.7. The Morgan fingerprint density at radius 1 is 1.26 bits per heavy atom. The van der Waals surface area contributed by atoms with Crippen LogP contribution in [0.2, 0.25) is 0 Å². The Labute approximate surface area is 134 Å². The van der Waals surface area contributed by atoms with E-state index in [0.29, 0.717) is 12.2 Å². The molecule has 0 unspecified atom stereocenters. The van der Waals surface area contributed by atoms with E-state index in [0.717, 1.165) is 5.56 Å². The predicted molar refractivity (Wildman–Crippen MR) is 81.9 cm³/mol. The molecule has 1 N–H and O–H groups in total. The second-order valence-corrected chi connectivity index (χ2v) is 6.72. The number of esters is 1. The quantitative estimate of drug-likeness (QED) is 0.582. The van der Waals surface area contributed by atoms with Crippen LogP contribution < -0.4 is 4.72 Å². The van der Waals surface area contributed by atoms with E-state index in [-0.39, 0.29) is 24.5 Å². The summed E-state index contributed by atoms with van der Waals surface area (Å²) in [4.78, 5) is 11.7. The summed E-state index contributed by atoms with van der Waals surface area (Å²) in [5, 5.41) is 3.49. The van der Waals surface area contributed by atoms with E-state index < -0.39 is 16.0 Å². The zero-order valence-corrected chi connectivity index (χ0v) is 13.5. The topological polar surface area (TPSA) is 98.5 Å². The van der Waals surface area contributed by atoms with E-state index in [2.05, 4.69) is 9.88 Å². The van der Waals surface area contributed by atoms with Crippen LogP contribution in [0.25, 0.3) is 0 Å². The van der Waals surface area contributed by atoms with Crippen LogP contribution in [0, 0.1) is 6.92 Å². The van der Waals surface area contributed by atoms with Gasteiger partial charge in [0, 0.05) is 19.0 Å². The lowest BCUT2D eigenvalue weighted by Crippen LogP contribution is -2.25. The van der Waals surface area contributed by atoms with Crippen molar-refractivity contribution in [3.05, 3.63) is 47.9 Å². The summed E-state index contributed by atoms with van der Waals surface area (Å²) in [7, 11) is -3.55. The molecular weight excluding hydrogens is 320 g/mol. The summed E-state index contributed by atoms with van der Waals surface area (Å²) in [6, 6.07) is 8.15. The van der Waals surface area contributed by atoms with E-state index in [1.807, 2.05) is 6.92 Å². The predicted octanol–water partition coefficient (Wildman–Crippen LogP) is 1.78. The molecule has 2 aromatic rings. The highest BCUT2D eigenvalue weighted by molar-refractivity contribution is 7.89. The highest BCUT2D eigenvalue weighted by Crippen LogP contribution is 2.10. The lowest BCUT2D eigenvalue weighted by atomic mass is 10.2. The van der Waals surface area contributed by atoms with Gasteiger partial charge in [-0.3, -0.25) is 4.79 Å². The number of carbonyl (C=O) groups is 1. The third kappa shape index (κ3) is 5.50. The molecular formula is C15H18N2O5S. The van der Waals surface area contributed by atoms with Crippen molar-refractivity contribution < 1.29 is 22.5 Å². The van der Waals surface area contributed by atoms with Gasteiger partial charge in [-0.1, -0.05) is 22.9 Å². The monoisotopic (exact) mass is 338 g/mol. The highest BCUT2D eigenvalue weighted by atomic mass is 32.2. The molecule has 7 nitrogen and oxygen atoms in total. The van der Waals surface area contributed by atoms with Crippen LogP contribution in [0.3, 0.4) is 0 Å². The third-order valence-electron chi connectivity index (χ3n) is 3.05. The van der Waals surface area contributed by atoms with Gasteiger partial charge in [-0.15, -0.1) is 0 Å². The van der Waals surface area contributed by atoms with Crippen molar-refractivity contribution >= 4 is 16.0 Å². The van der Waals surface area contributed by atoms with Gasteiger partial charge in [0.25, 0.3) is 0 Å². The Hall–Kier alpha value is -2.19. The van der Waals surface area contributed by atoms with Crippen LogP contribution in [0.5, 0.6) is 0 Å². The molecule has 124 valence electrons. The van der Waals surface area contributed by atoms with Gasteiger partial charge in [0.15, 0.2) is 12.4 Å². The molecule has 0 bridgehead atoms. The Morgan fingerprint density at radius 2 is 2.00 bits per heavy atom. The summed E-state index contributed by atoms with van der Waals surface area (Å²) in [6.45, 7) is 2.07. The standard InChI is InChI=1S/C15H18N2O5S/c1-12-4-6-14(7-5-12)23(19,20)17-9-2-3-15(18)21-11-13-8-10-16-22-13/h4-8,10,17H,2-3,9,11H2,1H3. The summed E-state index contributed by atoms with van der Waals surface area (Å²) in [5.41, 5.74) is 0.985. The number of sulfonamides is 1.